The molecule has 94 valence electrons. The molecule has 1 aliphatic rings. The van der Waals surface area contributed by atoms with E-state index < -0.39 is 0 Å². The first-order chi connectivity index (χ1) is 8.20. The van der Waals surface area contributed by atoms with Crippen LogP contribution in [0.1, 0.15) is 18.9 Å². The molecule has 1 fully saturated rings. The number of hydrogen-bond donors (Lipinski definition) is 1. The highest BCUT2D eigenvalue weighted by molar-refractivity contribution is 5.38. The molecule has 2 N–H and O–H groups in total. The molecule has 0 bridgehead atoms. The molecule has 2 heterocycles. The minimum Gasteiger partial charge on any atom is -0.383 e. The molecule has 0 spiro atoms. The molecular formula is C13H22N4. The molecule has 0 amide bonds. The number of likely N-dealkylation sites (N-methyl/N-ethyl adjacent to an activating group) is 1. The Kier molecular flexibility index (Phi) is 3.97. The number of nitrogens with two attached hydrogens (primary N) is 1. The summed E-state index contributed by atoms with van der Waals surface area (Å²) in [5.74, 6) is 0.666. The van der Waals surface area contributed by atoms with Gasteiger partial charge in [-0.1, -0.05) is 13.0 Å². The van der Waals surface area contributed by atoms with Gasteiger partial charge >= 0.3 is 0 Å². The maximum atomic E-state index is 5.88. The van der Waals surface area contributed by atoms with E-state index in [1.165, 1.54) is 6.42 Å². The number of hydrogen-bond acceptors (Lipinski definition) is 4. The van der Waals surface area contributed by atoms with Gasteiger partial charge in [-0.3, -0.25) is 4.90 Å². The van der Waals surface area contributed by atoms with E-state index in [-0.39, 0.29) is 0 Å². The van der Waals surface area contributed by atoms with Gasteiger partial charge in [0.15, 0.2) is 0 Å². The molecule has 0 radical (unpaired) electrons. The Bertz CT molecular complexity index is 366. The molecule has 1 aromatic heterocycles. The minimum atomic E-state index is 0.666. The summed E-state index contributed by atoms with van der Waals surface area (Å²) >= 11 is 0. The Morgan fingerprint density at radius 1 is 1.47 bits per heavy atom. The van der Waals surface area contributed by atoms with E-state index in [1.54, 1.807) is 6.20 Å². The largest absolute Gasteiger partial charge is 0.383 e. The second-order valence-electron chi connectivity index (χ2n) is 4.83. The second kappa shape index (κ2) is 5.47. The molecule has 1 aliphatic heterocycles. The van der Waals surface area contributed by atoms with E-state index in [2.05, 4.69) is 34.8 Å². The average molecular weight is 234 g/mol. The van der Waals surface area contributed by atoms with Crippen LogP contribution >= 0.6 is 0 Å². The van der Waals surface area contributed by atoms with E-state index in [4.69, 9.17) is 5.73 Å². The fraction of sp³-hybridized carbons (Fsp3) is 0.615. The molecule has 1 saturated heterocycles. The van der Waals surface area contributed by atoms with Gasteiger partial charge in [-0.25, -0.2) is 4.98 Å². The van der Waals surface area contributed by atoms with Gasteiger partial charge in [-0.15, -0.1) is 0 Å². The van der Waals surface area contributed by atoms with Crippen molar-refractivity contribution in [2.24, 2.45) is 0 Å². The number of rotatable bonds is 3. The van der Waals surface area contributed by atoms with Crippen LogP contribution in [0.3, 0.4) is 0 Å². The van der Waals surface area contributed by atoms with Gasteiger partial charge in [0.2, 0.25) is 0 Å². The van der Waals surface area contributed by atoms with Crippen molar-refractivity contribution >= 4 is 5.82 Å². The van der Waals surface area contributed by atoms with Gasteiger partial charge < -0.3 is 10.6 Å². The summed E-state index contributed by atoms with van der Waals surface area (Å²) in [6.45, 7) is 6.55. The van der Waals surface area contributed by atoms with Gasteiger partial charge in [0.25, 0.3) is 0 Å². The van der Waals surface area contributed by atoms with Crippen molar-refractivity contribution in [3.8, 4) is 0 Å². The summed E-state index contributed by atoms with van der Waals surface area (Å²) in [6, 6.07) is 4.70. The first-order valence-corrected chi connectivity index (χ1v) is 6.32. The molecule has 0 aromatic carbocycles. The highest BCUT2D eigenvalue weighted by Gasteiger charge is 2.22. The Morgan fingerprint density at radius 2 is 2.29 bits per heavy atom. The van der Waals surface area contributed by atoms with Crippen molar-refractivity contribution in [1.29, 1.82) is 0 Å². The summed E-state index contributed by atoms with van der Waals surface area (Å²) in [6.07, 6.45) is 2.95. The van der Waals surface area contributed by atoms with Gasteiger partial charge in [-0.2, -0.15) is 0 Å². The molecule has 2 rings (SSSR count). The lowest BCUT2D eigenvalue weighted by Gasteiger charge is -2.39. The number of anilines is 1. The van der Waals surface area contributed by atoms with Crippen molar-refractivity contribution in [1.82, 2.24) is 14.8 Å². The van der Waals surface area contributed by atoms with Crippen LogP contribution in [0.2, 0.25) is 0 Å². The van der Waals surface area contributed by atoms with E-state index >= 15 is 0 Å². The van der Waals surface area contributed by atoms with Crippen molar-refractivity contribution in [2.45, 2.75) is 25.9 Å². The topological polar surface area (TPSA) is 45.4 Å². The number of nitrogens with zero attached hydrogens (tertiary/aromatic N) is 3. The Morgan fingerprint density at radius 3 is 3.00 bits per heavy atom. The highest BCUT2D eigenvalue weighted by atomic mass is 15.3. The standard InChI is InChI=1S/C13H22N4/c1-3-12-10-17(8-7-16(12)2)9-11-5-4-6-15-13(11)14/h4-6,12H,3,7-10H2,1-2H3,(H2,14,15). The summed E-state index contributed by atoms with van der Waals surface area (Å²) in [5, 5.41) is 0. The van der Waals surface area contributed by atoms with Crippen molar-refractivity contribution in [3.63, 3.8) is 0 Å². The quantitative estimate of drug-likeness (QED) is 0.853. The van der Waals surface area contributed by atoms with E-state index in [1.807, 2.05) is 6.07 Å². The zero-order valence-electron chi connectivity index (χ0n) is 10.8. The molecular weight excluding hydrogens is 212 g/mol. The minimum absolute atomic E-state index is 0.666. The van der Waals surface area contributed by atoms with Crippen LogP contribution in [-0.4, -0.2) is 47.5 Å². The summed E-state index contributed by atoms with van der Waals surface area (Å²) in [5.41, 5.74) is 7.03. The van der Waals surface area contributed by atoms with Crippen LogP contribution in [0.5, 0.6) is 0 Å². The lowest BCUT2D eigenvalue weighted by Crippen LogP contribution is -2.50. The van der Waals surface area contributed by atoms with E-state index in [0.717, 1.165) is 31.7 Å². The molecule has 4 nitrogen and oxygen atoms in total. The predicted molar refractivity (Wildman–Crippen MR) is 70.6 cm³/mol. The van der Waals surface area contributed by atoms with Gasteiger partial charge in [0.05, 0.1) is 0 Å². The lowest BCUT2D eigenvalue weighted by molar-refractivity contribution is 0.0884. The lowest BCUT2D eigenvalue weighted by atomic mass is 10.1. The fourth-order valence-electron chi connectivity index (χ4n) is 2.42. The van der Waals surface area contributed by atoms with Gasteiger partial charge in [-0.05, 0) is 19.5 Å². The third-order valence-electron chi connectivity index (χ3n) is 3.65. The van der Waals surface area contributed by atoms with Crippen molar-refractivity contribution in [2.75, 3.05) is 32.4 Å². The van der Waals surface area contributed by atoms with Crippen molar-refractivity contribution in [3.05, 3.63) is 23.9 Å². The molecule has 17 heavy (non-hydrogen) atoms. The summed E-state index contributed by atoms with van der Waals surface area (Å²) in [7, 11) is 2.21. The first-order valence-electron chi connectivity index (χ1n) is 6.32. The molecule has 4 heteroatoms. The smallest absolute Gasteiger partial charge is 0.127 e. The van der Waals surface area contributed by atoms with Crippen LogP contribution in [0, 0.1) is 0 Å². The second-order valence-corrected chi connectivity index (χ2v) is 4.83. The summed E-state index contributed by atoms with van der Waals surface area (Å²) in [4.78, 5) is 9.06. The number of aromatic nitrogens is 1. The number of pyridine rings is 1. The zero-order valence-corrected chi connectivity index (χ0v) is 10.8. The van der Waals surface area contributed by atoms with Crippen LogP contribution in [0.25, 0.3) is 0 Å². The molecule has 0 aliphatic carbocycles. The summed E-state index contributed by atoms with van der Waals surface area (Å²) < 4.78 is 0. The van der Waals surface area contributed by atoms with Crippen molar-refractivity contribution < 1.29 is 0 Å². The zero-order chi connectivity index (χ0) is 12.3. The van der Waals surface area contributed by atoms with Gasteiger partial charge in [0, 0.05) is 44.0 Å². The van der Waals surface area contributed by atoms with Gasteiger partial charge in [0.1, 0.15) is 5.82 Å². The molecule has 1 unspecified atom stereocenters. The Balaban J connectivity index is 1.98. The monoisotopic (exact) mass is 234 g/mol. The SMILES string of the molecule is CCC1CN(Cc2cccnc2N)CCN1C. The fourth-order valence-corrected chi connectivity index (χ4v) is 2.42. The van der Waals surface area contributed by atoms with Crippen LogP contribution < -0.4 is 5.73 Å². The average Bonchev–Trinajstić information content (AvgIpc) is 2.34. The van der Waals surface area contributed by atoms with Crippen LogP contribution in [-0.2, 0) is 6.54 Å². The Hall–Kier alpha value is -1.13. The maximum Gasteiger partial charge on any atom is 0.127 e. The van der Waals surface area contributed by atoms with E-state index in [9.17, 15) is 0 Å². The number of nitrogen functional groups attached to an aromatic ring is 1. The van der Waals surface area contributed by atoms with Crippen LogP contribution in [0.15, 0.2) is 18.3 Å². The normalized spacial score (nSPS) is 22.8. The van der Waals surface area contributed by atoms with Crippen LogP contribution in [0.4, 0.5) is 5.82 Å². The predicted octanol–water partition coefficient (Wildman–Crippen LogP) is 1.19. The van der Waals surface area contributed by atoms with E-state index in [0.29, 0.717) is 11.9 Å². The molecule has 1 aromatic rings. The third-order valence-corrected chi connectivity index (χ3v) is 3.65. The maximum absolute atomic E-state index is 5.88. The Labute approximate surface area is 103 Å². The molecule has 1 atom stereocenters. The molecule has 0 saturated carbocycles. The highest BCUT2D eigenvalue weighted by Crippen LogP contribution is 2.16. The first kappa shape index (κ1) is 12.3. The third kappa shape index (κ3) is 2.96. The number of piperazine rings is 1.